The molecule has 0 saturated carbocycles. The highest BCUT2D eigenvalue weighted by Gasteiger charge is 2.19. The molecule has 0 aliphatic heterocycles. The number of hydrogen-bond acceptors (Lipinski definition) is 6. The van der Waals surface area contributed by atoms with Crippen LogP contribution >= 0.6 is 0 Å². The van der Waals surface area contributed by atoms with Crippen molar-refractivity contribution in [3.63, 3.8) is 0 Å². The second-order valence-corrected chi connectivity index (χ2v) is 20.6. The van der Waals surface area contributed by atoms with Gasteiger partial charge in [0.1, 0.15) is 13.2 Å². The van der Waals surface area contributed by atoms with Crippen molar-refractivity contribution in [3.8, 4) is 0 Å². The van der Waals surface area contributed by atoms with Crippen molar-refractivity contribution in [1.82, 2.24) is 0 Å². The maximum Gasteiger partial charge on any atom is 0.309 e. The smallest absolute Gasteiger partial charge is 0.309 e. The second-order valence-electron chi connectivity index (χ2n) is 20.6. The zero-order chi connectivity index (χ0) is 55.7. The van der Waals surface area contributed by atoms with Crippen molar-refractivity contribution in [3.05, 3.63) is 134 Å². The summed E-state index contributed by atoms with van der Waals surface area (Å²) in [6, 6.07) is 0. The highest BCUT2D eigenvalue weighted by molar-refractivity contribution is 5.72. The van der Waals surface area contributed by atoms with Crippen molar-refractivity contribution in [1.29, 1.82) is 0 Å². The molecule has 77 heavy (non-hydrogen) atoms. The molecule has 0 radical (unpaired) electrons. The summed E-state index contributed by atoms with van der Waals surface area (Å²) in [6.07, 6.45) is 90.6. The van der Waals surface area contributed by atoms with E-state index >= 15 is 0 Å². The van der Waals surface area contributed by atoms with E-state index in [9.17, 15) is 14.4 Å². The van der Waals surface area contributed by atoms with Crippen LogP contribution in [0.5, 0.6) is 0 Å². The molecule has 0 aliphatic rings. The first kappa shape index (κ1) is 72.5. The Kier molecular flexibility index (Phi) is 60.4. The lowest BCUT2D eigenvalue weighted by atomic mass is 10.0. The van der Waals surface area contributed by atoms with Crippen LogP contribution in [0.3, 0.4) is 0 Å². The zero-order valence-corrected chi connectivity index (χ0v) is 49.9. The summed E-state index contributed by atoms with van der Waals surface area (Å²) in [5.74, 6) is -1.10. The molecule has 0 bridgehead atoms. The lowest BCUT2D eigenvalue weighted by Crippen LogP contribution is -2.30. The SMILES string of the molecule is CC/C=C\C/C=C\C/C=C\C/C=C\C/C=C\C/C=C\CCCCC(=O)OC(COC(=O)C/C=C\C/C=C\C/C=C\C/C=C\C/C=C\CC)COC(=O)CCCCCCCCCCCCCCCCCCCCCCCCC. The molecule has 0 aliphatic carbocycles. The molecule has 0 aromatic carbocycles. The van der Waals surface area contributed by atoms with Crippen LogP contribution in [-0.4, -0.2) is 37.2 Å². The lowest BCUT2D eigenvalue weighted by Gasteiger charge is -2.18. The summed E-state index contributed by atoms with van der Waals surface area (Å²) in [5.41, 5.74) is 0. The summed E-state index contributed by atoms with van der Waals surface area (Å²) >= 11 is 0. The normalized spacial score (nSPS) is 13.0. The third kappa shape index (κ3) is 62.3. The molecule has 0 aromatic rings. The fraction of sp³-hybridized carbons (Fsp3) is 0.648. The molecule has 0 spiro atoms. The van der Waals surface area contributed by atoms with Crippen molar-refractivity contribution in [2.75, 3.05) is 13.2 Å². The van der Waals surface area contributed by atoms with Crippen LogP contribution in [0.1, 0.15) is 278 Å². The largest absolute Gasteiger partial charge is 0.462 e. The molecular formula is C71H116O6. The number of carbonyl (C=O) groups is 3. The predicted molar refractivity (Wildman–Crippen MR) is 334 cm³/mol. The molecule has 6 nitrogen and oxygen atoms in total. The first-order chi connectivity index (χ1) is 38.0. The summed E-state index contributed by atoms with van der Waals surface area (Å²) in [5, 5.41) is 0. The van der Waals surface area contributed by atoms with E-state index in [4.69, 9.17) is 14.2 Å². The van der Waals surface area contributed by atoms with Crippen LogP contribution in [0.2, 0.25) is 0 Å². The van der Waals surface area contributed by atoms with Gasteiger partial charge < -0.3 is 14.2 Å². The van der Waals surface area contributed by atoms with Crippen molar-refractivity contribution in [2.24, 2.45) is 0 Å². The Labute approximate surface area is 475 Å². The van der Waals surface area contributed by atoms with E-state index in [0.717, 1.165) is 103 Å². The summed E-state index contributed by atoms with van der Waals surface area (Å²) < 4.78 is 16.8. The second kappa shape index (κ2) is 64.1. The Hall–Kier alpha value is -4.45. The minimum Gasteiger partial charge on any atom is -0.462 e. The van der Waals surface area contributed by atoms with Crippen LogP contribution < -0.4 is 0 Å². The van der Waals surface area contributed by atoms with E-state index in [0.29, 0.717) is 12.8 Å². The monoisotopic (exact) mass is 1060 g/mol. The fourth-order valence-corrected chi connectivity index (χ4v) is 8.52. The van der Waals surface area contributed by atoms with Crippen molar-refractivity contribution >= 4 is 17.9 Å². The number of hydrogen-bond donors (Lipinski definition) is 0. The Balaban J connectivity index is 4.49. The quantitative estimate of drug-likeness (QED) is 0.0261. The van der Waals surface area contributed by atoms with Gasteiger partial charge in [-0.2, -0.15) is 0 Å². The third-order valence-corrected chi connectivity index (χ3v) is 13.2. The molecular weight excluding hydrogens is 949 g/mol. The van der Waals surface area contributed by atoms with Crippen LogP contribution in [0, 0.1) is 0 Å². The fourth-order valence-electron chi connectivity index (χ4n) is 8.52. The summed E-state index contributed by atoms with van der Waals surface area (Å²) in [7, 11) is 0. The first-order valence-electron chi connectivity index (χ1n) is 31.7. The van der Waals surface area contributed by atoms with Crippen LogP contribution in [0.4, 0.5) is 0 Å². The predicted octanol–water partition coefficient (Wildman–Crippen LogP) is 21.8. The molecule has 0 saturated heterocycles. The van der Waals surface area contributed by atoms with Gasteiger partial charge in [0, 0.05) is 12.8 Å². The lowest BCUT2D eigenvalue weighted by molar-refractivity contribution is -0.166. The van der Waals surface area contributed by atoms with E-state index in [2.05, 4.69) is 142 Å². The molecule has 1 atom stereocenters. The minimum atomic E-state index is -0.846. The highest BCUT2D eigenvalue weighted by Crippen LogP contribution is 2.16. The molecule has 6 heteroatoms. The van der Waals surface area contributed by atoms with E-state index in [-0.39, 0.29) is 38.0 Å². The molecule has 0 aromatic heterocycles. The van der Waals surface area contributed by atoms with Crippen LogP contribution in [0.15, 0.2) is 134 Å². The molecule has 0 N–H and O–H groups in total. The summed E-state index contributed by atoms with van der Waals surface area (Å²) in [4.78, 5) is 38.2. The van der Waals surface area contributed by atoms with Gasteiger partial charge in [-0.3, -0.25) is 14.4 Å². The van der Waals surface area contributed by atoms with E-state index in [1.165, 1.54) is 128 Å². The molecule has 0 heterocycles. The van der Waals surface area contributed by atoms with Crippen LogP contribution in [0.25, 0.3) is 0 Å². The molecule has 0 rings (SSSR count). The number of carbonyl (C=O) groups excluding carboxylic acids is 3. The number of rotatable bonds is 56. The molecule has 0 fully saturated rings. The van der Waals surface area contributed by atoms with Gasteiger partial charge >= 0.3 is 17.9 Å². The van der Waals surface area contributed by atoms with Gasteiger partial charge in [0.05, 0.1) is 6.42 Å². The highest BCUT2D eigenvalue weighted by atomic mass is 16.6. The topological polar surface area (TPSA) is 78.9 Å². The molecule has 436 valence electrons. The van der Waals surface area contributed by atoms with E-state index < -0.39 is 12.1 Å². The first-order valence-corrected chi connectivity index (χ1v) is 31.7. The number of ether oxygens (including phenoxy) is 3. The van der Waals surface area contributed by atoms with Gasteiger partial charge in [0.25, 0.3) is 0 Å². The standard InChI is InChI=1S/C71H116O6/c1-4-7-10-13-16-19-22-25-28-30-32-34-35-37-38-40-43-46-49-52-55-58-61-64-70(73)76-67-68(66-75-69(72)63-60-57-54-51-48-45-42-27-24-21-18-15-12-9-6-3)77-71(74)65-62-59-56-53-50-47-44-41-39-36-33-31-29-26-23-20-17-14-11-8-5-2/h8-9,11-12,17-18,20-21,26-27,29,33,36,41-42,44,48,50-51,53,57,60,68H,4-7,10,13-16,19,22-25,28,30-32,34-35,37-40,43,45-47,49,52,54-56,58-59,61-67H2,1-3H3/b11-8-,12-9-,20-17-,21-18-,29-26-,36-33-,42-27-,44-41-,51-48-,53-50-,60-57-. The van der Waals surface area contributed by atoms with Gasteiger partial charge in [-0.05, 0) is 96.3 Å². The van der Waals surface area contributed by atoms with Crippen molar-refractivity contribution in [2.45, 2.75) is 284 Å². The average Bonchev–Trinajstić information content (AvgIpc) is 3.43. The zero-order valence-electron chi connectivity index (χ0n) is 49.9. The maximum atomic E-state index is 12.9. The minimum absolute atomic E-state index is 0.113. The average molecular weight is 1070 g/mol. The number of esters is 3. The van der Waals surface area contributed by atoms with Gasteiger partial charge in [-0.15, -0.1) is 0 Å². The van der Waals surface area contributed by atoms with Gasteiger partial charge in [0.2, 0.25) is 0 Å². The van der Waals surface area contributed by atoms with Crippen LogP contribution in [-0.2, 0) is 28.6 Å². The Morgan fingerprint density at radius 2 is 0.558 bits per heavy atom. The maximum absolute atomic E-state index is 12.9. The number of unbranched alkanes of at least 4 members (excludes halogenated alkanes) is 24. The van der Waals surface area contributed by atoms with Crippen molar-refractivity contribution < 1.29 is 28.6 Å². The molecule has 1 unspecified atom stereocenters. The number of allylic oxidation sites excluding steroid dienone is 21. The van der Waals surface area contributed by atoms with Gasteiger partial charge in [0.15, 0.2) is 6.10 Å². The Morgan fingerprint density at radius 1 is 0.286 bits per heavy atom. The van der Waals surface area contributed by atoms with Gasteiger partial charge in [-0.1, -0.05) is 296 Å². The Bertz CT molecular complexity index is 1650. The van der Waals surface area contributed by atoms with Gasteiger partial charge in [-0.25, -0.2) is 0 Å². The Morgan fingerprint density at radius 3 is 0.909 bits per heavy atom. The van der Waals surface area contributed by atoms with E-state index in [1.807, 2.05) is 6.08 Å². The van der Waals surface area contributed by atoms with E-state index in [1.54, 1.807) is 6.08 Å². The summed E-state index contributed by atoms with van der Waals surface area (Å²) in [6.45, 7) is 6.31. The third-order valence-electron chi connectivity index (χ3n) is 13.2. The molecule has 0 amide bonds.